The van der Waals surface area contributed by atoms with E-state index >= 15 is 0 Å². The van der Waals surface area contributed by atoms with E-state index in [1.807, 2.05) is 30.3 Å². The molecule has 1 saturated carbocycles. The molecule has 1 atom stereocenters. The highest BCUT2D eigenvalue weighted by atomic mass is 16.5. The molecule has 2 heterocycles. The normalized spacial score (nSPS) is 22.0. The zero-order chi connectivity index (χ0) is 21.7. The van der Waals surface area contributed by atoms with E-state index in [0.717, 1.165) is 64.1 Å². The van der Waals surface area contributed by atoms with Crippen LogP contribution in [0.15, 0.2) is 30.3 Å². The van der Waals surface area contributed by atoms with E-state index in [1.54, 1.807) is 0 Å². The van der Waals surface area contributed by atoms with Crippen molar-refractivity contribution in [2.75, 3.05) is 39.4 Å². The Bertz CT molecular complexity index is 788. The third-order valence-electron chi connectivity index (χ3n) is 6.72. The molecule has 8 nitrogen and oxygen atoms in total. The van der Waals surface area contributed by atoms with Gasteiger partial charge >= 0.3 is 6.03 Å². The number of nitrogens with zero attached hydrogens (tertiary/aromatic N) is 1. The maximum atomic E-state index is 12.7. The molecule has 3 fully saturated rings. The second-order valence-corrected chi connectivity index (χ2v) is 8.88. The van der Waals surface area contributed by atoms with E-state index in [1.165, 1.54) is 9.80 Å². The lowest BCUT2D eigenvalue weighted by Gasteiger charge is -2.28. The van der Waals surface area contributed by atoms with Crippen molar-refractivity contribution in [3.63, 3.8) is 0 Å². The topological polar surface area (TPSA) is 92.2 Å². The Labute approximate surface area is 183 Å². The van der Waals surface area contributed by atoms with Crippen molar-refractivity contribution in [2.24, 2.45) is 0 Å². The molecular formula is C23H33N4O4+. The fourth-order valence-electron chi connectivity index (χ4n) is 4.95. The maximum Gasteiger partial charge on any atom is 0.325 e. The number of hydrogen-bond acceptors (Lipinski definition) is 4. The minimum Gasteiger partial charge on any atom is -0.370 e. The van der Waals surface area contributed by atoms with Crippen LogP contribution in [0.3, 0.4) is 0 Å². The highest BCUT2D eigenvalue weighted by Crippen LogP contribution is 2.35. The number of ether oxygens (including phenoxy) is 1. The second kappa shape index (κ2) is 9.78. The molecular weight excluding hydrogens is 396 g/mol. The number of morpholine rings is 1. The van der Waals surface area contributed by atoms with Crippen LogP contribution in [-0.2, 0) is 14.3 Å². The van der Waals surface area contributed by atoms with Crippen molar-refractivity contribution in [1.82, 2.24) is 15.5 Å². The van der Waals surface area contributed by atoms with Crippen LogP contribution in [-0.4, -0.2) is 67.7 Å². The van der Waals surface area contributed by atoms with Crippen LogP contribution in [0.2, 0.25) is 0 Å². The van der Waals surface area contributed by atoms with E-state index in [2.05, 4.69) is 10.6 Å². The Balaban J connectivity index is 1.29. The van der Waals surface area contributed by atoms with Gasteiger partial charge < -0.3 is 20.3 Å². The molecule has 4 rings (SSSR count). The summed E-state index contributed by atoms with van der Waals surface area (Å²) in [6.45, 7) is 4.47. The number of nitrogens with one attached hydrogen (secondary N) is 3. The van der Waals surface area contributed by atoms with E-state index in [9.17, 15) is 14.4 Å². The van der Waals surface area contributed by atoms with Crippen LogP contribution in [0.5, 0.6) is 0 Å². The van der Waals surface area contributed by atoms with Gasteiger partial charge in [-0.25, -0.2) is 4.79 Å². The molecule has 2 saturated heterocycles. The quantitative estimate of drug-likeness (QED) is 0.522. The average Bonchev–Trinajstić information content (AvgIpc) is 3.35. The van der Waals surface area contributed by atoms with Gasteiger partial charge in [0.15, 0.2) is 0 Å². The van der Waals surface area contributed by atoms with Crippen molar-refractivity contribution in [1.29, 1.82) is 0 Å². The molecule has 1 aliphatic carbocycles. The largest absolute Gasteiger partial charge is 0.370 e. The fraction of sp³-hybridized carbons (Fsp3) is 0.609. The van der Waals surface area contributed by atoms with Crippen molar-refractivity contribution < 1.29 is 24.0 Å². The minimum absolute atomic E-state index is 0.0517. The van der Waals surface area contributed by atoms with Gasteiger partial charge in [-0.05, 0) is 24.8 Å². The monoisotopic (exact) mass is 429 g/mol. The van der Waals surface area contributed by atoms with Crippen LogP contribution in [0.4, 0.5) is 4.79 Å². The van der Waals surface area contributed by atoms with E-state index in [4.69, 9.17) is 4.74 Å². The SMILES string of the molecule is O=C(CCCN1C(=O)NC2(CCCC2)C1=O)N[C@H](C[NH+]1CCOCC1)c1ccccc1. The van der Waals surface area contributed by atoms with Gasteiger partial charge in [-0.3, -0.25) is 14.5 Å². The van der Waals surface area contributed by atoms with E-state index in [-0.39, 0.29) is 36.9 Å². The highest BCUT2D eigenvalue weighted by molar-refractivity contribution is 6.07. The summed E-state index contributed by atoms with van der Waals surface area (Å²) in [5, 5.41) is 6.06. The first-order valence-electron chi connectivity index (χ1n) is 11.5. The highest BCUT2D eigenvalue weighted by Gasteiger charge is 2.52. The van der Waals surface area contributed by atoms with Gasteiger partial charge in [0, 0.05) is 13.0 Å². The summed E-state index contributed by atoms with van der Waals surface area (Å²) in [4.78, 5) is 40.4. The van der Waals surface area contributed by atoms with Crippen LogP contribution in [0.1, 0.15) is 50.1 Å². The first-order valence-corrected chi connectivity index (χ1v) is 11.5. The Kier molecular flexibility index (Phi) is 6.87. The maximum absolute atomic E-state index is 12.7. The van der Waals surface area contributed by atoms with Gasteiger partial charge in [0.25, 0.3) is 5.91 Å². The summed E-state index contributed by atoms with van der Waals surface area (Å²) < 4.78 is 5.45. The molecule has 0 unspecified atom stereocenters. The lowest BCUT2D eigenvalue weighted by Crippen LogP contribution is -3.14. The third kappa shape index (κ3) is 5.07. The summed E-state index contributed by atoms with van der Waals surface area (Å²) >= 11 is 0. The molecule has 168 valence electrons. The molecule has 0 aromatic heterocycles. The van der Waals surface area contributed by atoms with Crippen molar-refractivity contribution >= 4 is 17.8 Å². The van der Waals surface area contributed by atoms with Crippen LogP contribution < -0.4 is 15.5 Å². The van der Waals surface area contributed by atoms with Crippen LogP contribution >= 0.6 is 0 Å². The fourth-order valence-corrected chi connectivity index (χ4v) is 4.95. The Morgan fingerprint density at radius 3 is 2.58 bits per heavy atom. The van der Waals surface area contributed by atoms with Gasteiger partial charge in [0.05, 0.1) is 13.2 Å². The first kappa shape index (κ1) is 21.8. The Morgan fingerprint density at radius 1 is 1.16 bits per heavy atom. The summed E-state index contributed by atoms with van der Waals surface area (Å²) in [5.74, 6) is -0.169. The minimum atomic E-state index is -0.682. The molecule has 3 aliphatic rings. The lowest BCUT2D eigenvalue weighted by atomic mass is 9.98. The van der Waals surface area contributed by atoms with E-state index in [0.29, 0.717) is 6.42 Å². The molecule has 1 aromatic carbocycles. The second-order valence-electron chi connectivity index (χ2n) is 8.88. The summed E-state index contributed by atoms with van der Waals surface area (Å²) in [5.41, 5.74) is 0.408. The summed E-state index contributed by atoms with van der Waals surface area (Å²) in [6, 6.07) is 9.64. The molecule has 3 N–H and O–H groups in total. The zero-order valence-corrected chi connectivity index (χ0v) is 18.0. The lowest BCUT2D eigenvalue weighted by molar-refractivity contribution is -0.909. The Morgan fingerprint density at radius 2 is 1.87 bits per heavy atom. The van der Waals surface area contributed by atoms with Gasteiger partial charge in [0.1, 0.15) is 31.2 Å². The number of carbonyl (C=O) groups is 3. The molecule has 31 heavy (non-hydrogen) atoms. The molecule has 8 heteroatoms. The average molecular weight is 430 g/mol. The number of imide groups is 1. The first-order chi connectivity index (χ1) is 15.1. The molecule has 0 radical (unpaired) electrons. The Hall–Kier alpha value is -2.45. The smallest absolute Gasteiger partial charge is 0.325 e. The number of rotatable bonds is 8. The number of benzene rings is 1. The van der Waals surface area contributed by atoms with Crippen molar-refractivity contribution in [3.8, 4) is 0 Å². The number of hydrogen-bond donors (Lipinski definition) is 3. The molecule has 4 amide bonds. The number of carbonyl (C=O) groups excluding carboxylic acids is 3. The standard InChI is InChI=1S/C23H32N4O4/c28-20(9-6-12-27-21(29)23(25-22(27)30)10-4-5-11-23)24-19(18-7-2-1-3-8-18)17-26-13-15-31-16-14-26/h1-3,7-8,19H,4-6,9-17H2,(H,24,28)(H,25,30)/p+1/t19-/m1/s1. The van der Waals surface area contributed by atoms with Crippen LogP contribution in [0.25, 0.3) is 0 Å². The van der Waals surface area contributed by atoms with Gasteiger partial charge in [-0.2, -0.15) is 0 Å². The molecule has 1 spiro atoms. The van der Waals surface area contributed by atoms with Gasteiger partial charge in [-0.1, -0.05) is 43.2 Å². The van der Waals surface area contributed by atoms with Gasteiger partial charge in [-0.15, -0.1) is 0 Å². The molecule has 0 bridgehead atoms. The number of amides is 4. The number of urea groups is 1. The zero-order valence-electron chi connectivity index (χ0n) is 18.0. The molecule has 1 aromatic rings. The van der Waals surface area contributed by atoms with E-state index < -0.39 is 5.54 Å². The van der Waals surface area contributed by atoms with Crippen LogP contribution in [0, 0.1) is 0 Å². The third-order valence-corrected chi connectivity index (χ3v) is 6.72. The molecule has 2 aliphatic heterocycles. The predicted molar refractivity (Wildman–Crippen MR) is 114 cm³/mol. The summed E-state index contributed by atoms with van der Waals surface area (Å²) in [7, 11) is 0. The van der Waals surface area contributed by atoms with Crippen molar-refractivity contribution in [2.45, 2.75) is 50.1 Å². The van der Waals surface area contributed by atoms with Crippen molar-refractivity contribution in [3.05, 3.63) is 35.9 Å². The predicted octanol–water partition coefficient (Wildman–Crippen LogP) is 0.404. The van der Waals surface area contributed by atoms with Gasteiger partial charge in [0.2, 0.25) is 5.91 Å². The summed E-state index contributed by atoms with van der Waals surface area (Å²) in [6.07, 6.45) is 4.12. The number of quaternary nitrogens is 1.